The number of carbonyl (C=O) groups is 1. The fourth-order valence-electron chi connectivity index (χ4n) is 1.25. The average molecular weight is 229 g/mol. The van der Waals surface area contributed by atoms with Crippen molar-refractivity contribution in [1.82, 2.24) is 4.98 Å². The Hall–Kier alpha value is -1.13. The number of carboxylic acid groups (broad SMARTS) is 1. The van der Waals surface area contributed by atoms with Gasteiger partial charge in [-0.1, -0.05) is 31.5 Å². The lowest BCUT2D eigenvalue weighted by Gasteiger charge is -2.28. The summed E-state index contributed by atoms with van der Waals surface area (Å²) >= 11 is 5.65. The van der Waals surface area contributed by atoms with E-state index in [1.165, 1.54) is 0 Å². The molecule has 0 spiro atoms. The smallest absolute Gasteiger partial charge is 0.321 e. The van der Waals surface area contributed by atoms with E-state index in [0.717, 1.165) is 5.56 Å². The first-order valence-electron chi connectivity index (χ1n) is 4.46. The molecule has 0 aliphatic rings. The molecule has 1 heterocycles. The van der Waals surface area contributed by atoms with Gasteiger partial charge in [0.15, 0.2) is 0 Å². The van der Waals surface area contributed by atoms with Crippen molar-refractivity contribution in [2.45, 2.75) is 25.3 Å². The maximum Gasteiger partial charge on any atom is 0.321 e. The zero-order valence-corrected chi connectivity index (χ0v) is 9.32. The molecule has 15 heavy (non-hydrogen) atoms. The average Bonchev–Trinajstić information content (AvgIpc) is 2.17. The van der Waals surface area contributed by atoms with Crippen molar-refractivity contribution < 1.29 is 9.90 Å². The molecule has 5 heteroatoms. The van der Waals surface area contributed by atoms with Gasteiger partial charge in [0.25, 0.3) is 0 Å². The van der Waals surface area contributed by atoms with Crippen molar-refractivity contribution in [2.24, 2.45) is 5.73 Å². The van der Waals surface area contributed by atoms with Crippen molar-refractivity contribution in [3.63, 3.8) is 0 Å². The molecule has 1 aromatic heterocycles. The Kier molecular flexibility index (Phi) is 3.31. The Morgan fingerprint density at radius 3 is 2.60 bits per heavy atom. The second kappa shape index (κ2) is 4.16. The van der Waals surface area contributed by atoms with Gasteiger partial charge in [-0.25, -0.2) is 4.98 Å². The fourth-order valence-corrected chi connectivity index (χ4v) is 1.36. The largest absolute Gasteiger partial charge is 0.480 e. The number of halogens is 1. The molecule has 0 aliphatic carbocycles. The fraction of sp³-hybridized carbons (Fsp3) is 0.400. The lowest BCUT2D eigenvalue weighted by molar-refractivity contribution is -0.140. The predicted octanol–water partition coefficient (Wildman–Crippen LogP) is 1.42. The van der Waals surface area contributed by atoms with Crippen LogP contribution in [-0.2, 0) is 10.2 Å². The minimum Gasteiger partial charge on any atom is -0.480 e. The molecule has 0 radical (unpaired) electrons. The van der Waals surface area contributed by atoms with Crippen LogP contribution in [0.2, 0.25) is 5.15 Å². The lowest BCUT2D eigenvalue weighted by Crippen LogP contribution is -2.46. The van der Waals surface area contributed by atoms with Crippen LogP contribution in [0.5, 0.6) is 0 Å². The Balaban J connectivity index is 3.05. The Morgan fingerprint density at radius 2 is 2.20 bits per heavy atom. The summed E-state index contributed by atoms with van der Waals surface area (Å²) in [7, 11) is 0. The third-order valence-electron chi connectivity index (χ3n) is 2.51. The van der Waals surface area contributed by atoms with Crippen LogP contribution in [0.25, 0.3) is 0 Å². The molecule has 0 saturated carbocycles. The minimum absolute atomic E-state index is 0.374. The molecule has 0 amide bonds. The summed E-state index contributed by atoms with van der Waals surface area (Å²) in [5, 5.41) is 9.24. The molecule has 1 aromatic rings. The van der Waals surface area contributed by atoms with Crippen molar-refractivity contribution in [3.05, 3.63) is 29.0 Å². The highest BCUT2D eigenvalue weighted by molar-refractivity contribution is 6.29. The van der Waals surface area contributed by atoms with Crippen molar-refractivity contribution in [2.75, 3.05) is 0 Å². The van der Waals surface area contributed by atoms with Gasteiger partial charge in [0.2, 0.25) is 0 Å². The van der Waals surface area contributed by atoms with Gasteiger partial charge in [-0.3, -0.25) is 4.79 Å². The molecule has 0 saturated heterocycles. The van der Waals surface area contributed by atoms with E-state index in [-0.39, 0.29) is 0 Å². The Morgan fingerprint density at radius 1 is 1.60 bits per heavy atom. The van der Waals surface area contributed by atoms with Crippen LogP contribution in [0.4, 0.5) is 0 Å². The van der Waals surface area contributed by atoms with Crippen molar-refractivity contribution >= 4 is 17.6 Å². The predicted molar refractivity (Wildman–Crippen MR) is 57.9 cm³/mol. The Bertz CT molecular complexity index is 362. The van der Waals surface area contributed by atoms with Crippen LogP contribution in [0.3, 0.4) is 0 Å². The van der Waals surface area contributed by atoms with E-state index in [1.54, 1.807) is 32.2 Å². The number of hydrogen-bond acceptors (Lipinski definition) is 3. The summed E-state index contributed by atoms with van der Waals surface area (Å²) in [5.41, 5.74) is 5.68. The van der Waals surface area contributed by atoms with Gasteiger partial charge in [0.05, 0.1) is 0 Å². The number of rotatable bonds is 3. The molecular weight excluding hydrogens is 216 g/mol. The molecule has 1 atom stereocenters. The van der Waals surface area contributed by atoms with E-state index in [9.17, 15) is 4.79 Å². The van der Waals surface area contributed by atoms with Crippen LogP contribution < -0.4 is 5.73 Å². The van der Waals surface area contributed by atoms with E-state index in [1.807, 2.05) is 0 Å². The third kappa shape index (κ3) is 2.46. The molecule has 0 fully saturated rings. The van der Waals surface area contributed by atoms with Crippen LogP contribution in [0, 0.1) is 0 Å². The highest BCUT2D eigenvalue weighted by Crippen LogP contribution is 2.26. The normalized spacial score (nSPS) is 13.6. The van der Waals surface area contributed by atoms with Crippen molar-refractivity contribution in [3.8, 4) is 0 Å². The van der Waals surface area contributed by atoms with Crippen LogP contribution in [0.1, 0.15) is 19.4 Å². The molecule has 0 bridgehead atoms. The maximum absolute atomic E-state index is 10.8. The summed E-state index contributed by atoms with van der Waals surface area (Å²) in [4.78, 5) is 14.7. The van der Waals surface area contributed by atoms with Gasteiger partial charge in [-0.05, 0) is 11.6 Å². The van der Waals surface area contributed by atoms with E-state index in [2.05, 4.69) is 4.98 Å². The van der Waals surface area contributed by atoms with Gasteiger partial charge in [-0.15, -0.1) is 0 Å². The summed E-state index contributed by atoms with van der Waals surface area (Å²) in [6, 6.07) is 2.38. The number of aliphatic carboxylic acids is 1. The standard InChI is InChI=1S/C10H13ClN2O2/c1-10(2,8(12)9(14)15)6-3-4-7(11)13-5-6/h3-5,8H,12H2,1-2H3,(H,14,15). The molecule has 4 nitrogen and oxygen atoms in total. The summed E-state index contributed by atoms with van der Waals surface area (Å²) in [5.74, 6) is -1.03. The topological polar surface area (TPSA) is 76.2 Å². The number of nitrogens with zero attached hydrogens (tertiary/aromatic N) is 1. The first kappa shape index (κ1) is 11.9. The maximum atomic E-state index is 10.8. The summed E-state index contributed by atoms with van der Waals surface area (Å²) < 4.78 is 0. The van der Waals surface area contributed by atoms with Gasteiger partial charge in [0.1, 0.15) is 11.2 Å². The molecule has 3 N–H and O–H groups in total. The number of pyridine rings is 1. The van der Waals surface area contributed by atoms with Crippen LogP contribution >= 0.6 is 11.6 Å². The highest BCUT2D eigenvalue weighted by Gasteiger charge is 2.33. The molecule has 1 unspecified atom stereocenters. The first-order chi connectivity index (χ1) is 6.85. The van der Waals surface area contributed by atoms with E-state index in [4.69, 9.17) is 22.4 Å². The van der Waals surface area contributed by atoms with E-state index in [0.29, 0.717) is 5.15 Å². The van der Waals surface area contributed by atoms with Gasteiger partial charge < -0.3 is 10.8 Å². The summed E-state index contributed by atoms with van der Waals surface area (Å²) in [6.07, 6.45) is 1.55. The van der Waals surface area contributed by atoms with E-state index < -0.39 is 17.4 Å². The molecule has 1 rings (SSSR count). The quantitative estimate of drug-likeness (QED) is 0.768. The number of aromatic nitrogens is 1. The molecular formula is C10H13ClN2O2. The first-order valence-corrected chi connectivity index (χ1v) is 4.84. The van der Waals surface area contributed by atoms with Gasteiger partial charge in [-0.2, -0.15) is 0 Å². The minimum atomic E-state index is -1.03. The van der Waals surface area contributed by atoms with Gasteiger partial charge in [0, 0.05) is 11.6 Å². The van der Waals surface area contributed by atoms with Crippen LogP contribution in [0.15, 0.2) is 18.3 Å². The zero-order chi connectivity index (χ0) is 11.6. The SMILES string of the molecule is CC(C)(c1ccc(Cl)nc1)C(N)C(=O)O. The second-order valence-electron chi connectivity index (χ2n) is 3.91. The summed E-state index contributed by atoms with van der Waals surface area (Å²) in [6.45, 7) is 3.52. The molecule has 0 aliphatic heterocycles. The van der Waals surface area contributed by atoms with Crippen molar-refractivity contribution in [1.29, 1.82) is 0 Å². The Labute approximate surface area is 93.1 Å². The second-order valence-corrected chi connectivity index (χ2v) is 4.29. The zero-order valence-electron chi connectivity index (χ0n) is 8.57. The number of hydrogen-bond donors (Lipinski definition) is 2. The number of nitrogens with two attached hydrogens (primary N) is 1. The van der Waals surface area contributed by atoms with Gasteiger partial charge >= 0.3 is 5.97 Å². The molecule has 0 aromatic carbocycles. The highest BCUT2D eigenvalue weighted by atomic mass is 35.5. The lowest BCUT2D eigenvalue weighted by atomic mass is 9.79. The van der Waals surface area contributed by atoms with Crippen LogP contribution in [-0.4, -0.2) is 22.1 Å². The third-order valence-corrected chi connectivity index (χ3v) is 2.74. The monoisotopic (exact) mass is 228 g/mol. The molecule has 82 valence electrons. The number of carboxylic acids is 1. The van der Waals surface area contributed by atoms with E-state index >= 15 is 0 Å².